The largest absolute Gasteiger partial charge is 0.450 e. The molecule has 2 rings (SSSR count). The lowest BCUT2D eigenvalue weighted by Crippen LogP contribution is -2.48. The van der Waals surface area contributed by atoms with Gasteiger partial charge in [-0.1, -0.05) is 11.6 Å². The van der Waals surface area contributed by atoms with Crippen LogP contribution in [0, 0.1) is 0 Å². The number of benzene rings is 1. The van der Waals surface area contributed by atoms with Gasteiger partial charge in [0.15, 0.2) is 5.96 Å². The number of nitrogens with zero attached hydrogens (tertiary/aromatic N) is 2. The van der Waals surface area contributed by atoms with E-state index in [-0.39, 0.29) is 36.1 Å². The Bertz CT molecular complexity index is 581. The summed E-state index contributed by atoms with van der Waals surface area (Å²) in [7, 11) is 0. The van der Waals surface area contributed by atoms with Gasteiger partial charge in [0, 0.05) is 34.8 Å². The lowest BCUT2D eigenvalue weighted by atomic mass is 10.1. The van der Waals surface area contributed by atoms with Crippen LogP contribution in [0.1, 0.15) is 19.8 Å². The molecule has 0 bridgehead atoms. The third-order valence-electron chi connectivity index (χ3n) is 3.83. The van der Waals surface area contributed by atoms with Crippen LogP contribution in [0.2, 0.25) is 5.02 Å². The molecule has 6 nitrogen and oxygen atoms in total. The van der Waals surface area contributed by atoms with Crippen molar-refractivity contribution in [2.75, 3.05) is 32.0 Å². The Kier molecular flexibility index (Phi) is 11.1. The van der Waals surface area contributed by atoms with Crippen LogP contribution >= 0.6 is 47.3 Å². The fraction of sp³-hybridized carbons (Fsp3) is 0.529. The number of amides is 1. The number of hydrogen-bond donors (Lipinski definition) is 2. The summed E-state index contributed by atoms with van der Waals surface area (Å²) in [5, 5.41) is 3.98. The molecule has 1 aromatic rings. The molecule has 0 aromatic heterocycles. The molecule has 0 unspecified atom stereocenters. The molecular weight excluding hydrogens is 487 g/mol. The van der Waals surface area contributed by atoms with Crippen LogP contribution in [0.5, 0.6) is 0 Å². The van der Waals surface area contributed by atoms with Crippen LogP contribution in [0.3, 0.4) is 0 Å². The lowest BCUT2D eigenvalue weighted by Gasteiger charge is -2.31. The van der Waals surface area contributed by atoms with Crippen LogP contribution in [0.15, 0.2) is 34.2 Å². The van der Waals surface area contributed by atoms with Gasteiger partial charge in [-0.25, -0.2) is 4.79 Å². The van der Waals surface area contributed by atoms with Crippen molar-refractivity contribution < 1.29 is 9.53 Å². The topological polar surface area (TPSA) is 80.0 Å². The van der Waals surface area contributed by atoms with Crippen LogP contribution < -0.4 is 11.1 Å². The molecule has 0 saturated carbocycles. The zero-order valence-electron chi connectivity index (χ0n) is 14.8. The van der Waals surface area contributed by atoms with E-state index >= 15 is 0 Å². The first kappa shape index (κ1) is 23.2. The average molecular weight is 513 g/mol. The molecule has 9 heteroatoms. The molecule has 1 fully saturated rings. The van der Waals surface area contributed by atoms with Gasteiger partial charge in [0.1, 0.15) is 0 Å². The fourth-order valence-electron chi connectivity index (χ4n) is 2.54. The Morgan fingerprint density at radius 1 is 1.38 bits per heavy atom. The molecule has 26 heavy (non-hydrogen) atoms. The maximum Gasteiger partial charge on any atom is 0.409 e. The van der Waals surface area contributed by atoms with E-state index in [1.807, 2.05) is 31.2 Å². The zero-order chi connectivity index (χ0) is 18.1. The second kappa shape index (κ2) is 12.5. The highest BCUT2D eigenvalue weighted by molar-refractivity contribution is 14.0. The SMILES string of the molecule is CCOC(=O)N1CCC(NC(N)=NCCSc2ccc(Cl)cc2)CC1.I. The Balaban J connectivity index is 0.00000338. The quantitative estimate of drug-likeness (QED) is 0.200. The van der Waals surface area contributed by atoms with Gasteiger partial charge < -0.3 is 20.7 Å². The van der Waals surface area contributed by atoms with Crippen molar-refractivity contribution in [3.63, 3.8) is 0 Å². The summed E-state index contributed by atoms with van der Waals surface area (Å²) < 4.78 is 5.01. The van der Waals surface area contributed by atoms with Gasteiger partial charge in [-0.15, -0.1) is 35.7 Å². The maximum atomic E-state index is 11.7. The summed E-state index contributed by atoms with van der Waals surface area (Å²) in [6.45, 7) is 4.22. The molecule has 0 aliphatic carbocycles. The number of guanidine groups is 1. The number of carbonyl (C=O) groups excluding carboxylic acids is 1. The Morgan fingerprint density at radius 2 is 2.04 bits per heavy atom. The van der Waals surface area contributed by atoms with Crippen molar-refractivity contribution in [2.24, 2.45) is 10.7 Å². The summed E-state index contributed by atoms with van der Waals surface area (Å²) in [6, 6.07) is 8.00. The van der Waals surface area contributed by atoms with Gasteiger partial charge in [-0.3, -0.25) is 4.99 Å². The number of hydrogen-bond acceptors (Lipinski definition) is 4. The Hall–Kier alpha value is -0.870. The van der Waals surface area contributed by atoms with Gasteiger partial charge >= 0.3 is 6.09 Å². The summed E-state index contributed by atoms with van der Waals surface area (Å²) in [6.07, 6.45) is 1.45. The highest BCUT2D eigenvalue weighted by atomic mass is 127. The first-order valence-corrected chi connectivity index (χ1v) is 9.81. The first-order valence-electron chi connectivity index (χ1n) is 8.45. The van der Waals surface area contributed by atoms with Gasteiger partial charge in [0.25, 0.3) is 0 Å². The number of likely N-dealkylation sites (tertiary alicyclic amines) is 1. The van der Waals surface area contributed by atoms with E-state index in [1.165, 1.54) is 0 Å². The number of rotatable bonds is 6. The van der Waals surface area contributed by atoms with Crippen LogP contribution in [-0.2, 0) is 4.74 Å². The molecule has 1 amide bonds. The highest BCUT2D eigenvalue weighted by Gasteiger charge is 2.23. The first-order chi connectivity index (χ1) is 12.1. The van der Waals surface area contributed by atoms with Crippen LogP contribution in [-0.4, -0.2) is 55.0 Å². The zero-order valence-corrected chi connectivity index (χ0v) is 18.7. The van der Waals surface area contributed by atoms with Crippen LogP contribution in [0.25, 0.3) is 0 Å². The minimum Gasteiger partial charge on any atom is -0.450 e. The number of nitrogens with two attached hydrogens (primary N) is 1. The van der Waals surface area contributed by atoms with Crippen molar-refractivity contribution in [2.45, 2.75) is 30.7 Å². The van der Waals surface area contributed by atoms with Gasteiger partial charge in [0.05, 0.1) is 13.2 Å². The summed E-state index contributed by atoms with van der Waals surface area (Å²) in [5.41, 5.74) is 5.95. The monoisotopic (exact) mass is 512 g/mol. The van der Waals surface area contributed by atoms with Crippen LogP contribution in [0.4, 0.5) is 4.79 Å². The molecule has 3 N–H and O–H groups in total. The number of nitrogens with one attached hydrogen (secondary N) is 1. The molecule has 1 heterocycles. The van der Waals surface area contributed by atoms with E-state index in [0.29, 0.717) is 32.2 Å². The second-order valence-electron chi connectivity index (χ2n) is 5.67. The highest BCUT2D eigenvalue weighted by Crippen LogP contribution is 2.19. The molecule has 1 aliphatic rings. The van der Waals surface area contributed by atoms with E-state index in [9.17, 15) is 4.79 Å². The number of piperidine rings is 1. The van der Waals surface area contributed by atoms with E-state index < -0.39 is 0 Å². The van der Waals surface area contributed by atoms with Crippen molar-refractivity contribution in [3.8, 4) is 0 Å². The van der Waals surface area contributed by atoms with E-state index in [0.717, 1.165) is 28.5 Å². The fourth-order valence-corrected chi connectivity index (χ4v) is 3.41. The van der Waals surface area contributed by atoms with Crippen molar-refractivity contribution in [1.82, 2.24) is 10.2 Å². The lowest BCUT2D eigenvalue weighted by molar-refractivity contribution is 0.0963. The molecule has 1 saturated heterocycles. The predicted molar refractivity (Wildman–Crippen MR) is 119 cm³/mol. The number of aliphatic imine (C=N–C) groups is 1. The average Bonchev–Trinajstić information content (AvgIpc) is 2.61. The Morgan fingerprint density at radius 3 is 2.65 bits per heavy atom. The summed E-state index contributed by atoms with van der Waals surface area (Å²) >= 11 is 7.58. The summed E-state index contributed by atoms with van der Waals surface area (Å²) in [5.74, 6) is 1.32. The Labute approximate surface area is 181 Å². The van der Waals surface area contributed by atoms with Crippen molar-refractivity contribution >= 4 is 59.4 Å². The minimum absolute atomic E-state index is 0. The van der Waals surface area contributed by atoms with Gasteiger partial charge in [-0.05, 0) is 44.0 Å². The summed E-state index contributed by atoms with van der Waals surface area (Å²) in [4.78, 5) is 18.9. The minimum atomic E-state index is -0.234. The smallest absolute Gasteiger partial charge is 0.409 e. The molecule has 0 radical (unpaired) electrons. The van der Waals surface area contributed by atoms with Gasteiger partial charge in [-0.2, -0.15) is 0 Å². The molecule has 0 atom stereocenters. The third kappa shape index (κ3) is 8.22. The molecule has 146 valence electrons. The van der Waals surface area contributed by atoms with Crippen molar-refractivity contribution in [3.05, 3.63) is 29.3 Å². The molecule has 1 aromatic carbocycles. The van der Waals surface area contributed by atoms with Crippen molar-refractivity contribution in [1.29, 1.82) is 0 Å². The normalized spacial score (nSPS) is 15.3. The molecular formula is C17H26ClIN4O2S. The van der Waals surface area contributed by atoms with E-state index in [4.69, 9.17) is 22.1 Å². The standard InChI is InChI=1S/C17H25ClN4O2S.HI/c1-2-24-17(23)22-10-7-14(8-11-22)21-16(19)20-9-12-25-15-5-3-13(18)4-6-15;/h3-6,14H,2,7-12H2,1H3,(H3,19,20,21);1H. The number of thioether (sulfide) groups is 1. The van der Waals surface area contributed by atoms with E-state index in [1.54, 1.807) is 16.7 Å². The van der Waals surface area contributed by atoms with Gasteiger partial charge in [0.2, 0.25) is 0 Å². The maximum absolute atomic E-state index is 11.7. The number of ether oxygens (including phenoxy) is 1. The van der Waals surface area contributed by atoms with E-state index in [2.05, 4.69) is 10.3 Å². The molecule has 0 spiro atoms. The predicted octanol–water partition coefficient (Wildman–Crippen LogP) is 3.58. The third-order valence-corrected chi connectivity index (χ3v) is 5.07. The number of carbonyl (C=O) groups is 1. The number of halogens is 2. The molecule has 1 aliphatic heterocycles. The second-order valence-corrected chi connectivity index (χ2v) is 7.28.